The molecule has 156 valence electrons. The van der Waals surface area contributed by atoms with Crippen molar-refractivity contribution in [3.05, 3.63) is 35.6 Å². The standard InChI is InChI=1S/C21H30FNO5/c1-13(2)11-23-19(25)21(26-12-14-7-5-6-8-15(14)22)9-16(24)18-17(10-21)27-20(3,4)28-18/h5-8,13,16-18,24H,9-12H2,1-4H3,(H,23,25)/t16-,17-,18+,21-/m1/s1. The first kappa shape index (κ1) is 21.2. The van der Waals surface area contributed by atoms with Gasteiger partial charge in [-0.1, -0.05) is 32.0 Å². The third-order valence-corrected chi connectivity index (χ3v) is 5.22. The third-order valence-electron chi connectivity index (χ3n) is 5.22. The summed E-state index contributed by atoms with van der Waals surface area (Å²) in [6.45, 7) is 7.95. The molecule has 0 spiro atoms. The van der Waals surface area contributed by atoms with E-state index >= 15 is 0 Å². The quantitative estimate of drug-likeness (QED) is 0.774. The highest BCUT2D eigenvalue weighted by Crippen LogP contribution is 2.43. The number of halogens is 1. The van der Waals surface area contributed by atoms with Crippen LogP contribution in [0.4, 0.5) is 4.39 Å². The fourth-order valence-electron chi connectivity index (χ4n) is 3.87. The van der Waals surface area contributed by atoms with E-state index in [4.69, 9.17) is 14.2 Å². The zero-order valence-corrected chi connectivity index (χ0v) is 16.9. The number of benzene rings is 1. The highest BCUT2D eigenvalue weighted by molar-refractivity contribution is 5.85. The molecule has 1 amide bonds. The van der Waals surface area contributed by atoms with Crippen molar-refractivity contribution in [2.45, 2.75) is 76.8 Å². The van der Waals surface area contributed by atoms with E-state index in [2.05, 4.69) is 5.32 Å². The molecule has 1 aliphatic heterocycles. The van der Waals surface area contributed by atoms with E-state index in [0.29, 0.717) is 12.1 Å². The first-order valence-corrected chi connectivity index (χ1v) is 9.81. The first-order chi connectivity index (χ1) is 13.1. The number of carbonyl (C=O) groups is 1. The number of hydrogen-bond donors (Lipinski definition) is 2. The Hall–Kier alpha value is -1.54. The van der Waals surface area contributed by atoms with E-state index in [-0.39, 0.29) is 31.3 Å². The number of aliphatic hydroxyl groups is 1. The summed E-state index contributed by atoms with van der Waals surface area (Å²) in [5.41, 5.74) is -0.958. The fraction of sp³-hybridized carbons (Fsp3) is 0.667. The molecule has 1 aliphatic carbocycles. The number of aliphatic hydroxyl groups excluding tert-OH is 1. The summed E-state index contributed by atoms with van der Waals surface area (Å²) in [5, 5.41) is 13.6. The molecule has 7 heteroatoms. The van der Waals surface area contributed by atoms with Crippen molar-refractivity contribution >= 4 is 5.91 Å². The minimum atomic E-state index is -1.32. The Morgan fingerprint density at radius 2 is 2.04 bits per heavy atom. The SMILES string of the molecule is CC(C)CNC(=O)[C@@]1(OCc2ccccc2F)C[C@@H](O)[C@@H]2OC(C)(C)O[C@@H]2C1. The Balaban J connectivity index is 1.82. The summed E-state index contributed by atoms with van der Waals surface area (Å²) in [5.74, 6) is -1.29. The Bertz CT molecular complexity index is 710. The van der Waals surface area contributed by atoms with E-state index in [0.717, 1.165) is 0 Å². The summed E-state index contributed by atoms with van der Waals surface area (Å²) in [6.07, 6.45) is -1.63. The predicted octanol–water partition coefficient (Wildman–Crippen LogP) is 2.53. The minimum absolute atomic E-state index is 0.0615. The zero-order chi connectivity index (χ0) is 20.5. The Labute approximate surface area is 165 Å². The van der Waals surface area contributed by atoms with E-state index < -0.39 is 35.5 Å². The molecule has 4 atom stereocenters. The minimum Gasteiger partial charge on any atom is -0.390 e. The van der Waals surface area contributed by atoms with Gasteiger partial charge >= 0.3 is 0 Å². The molecule has 1 heterocycles. The van der Waals surface area contributed by atoms with Gasteiger partial charge in [-0.3, -0.25) is 4.79 Å². The van der Waals surface area contributed by atoms with E-state index in [1.54, 1.807) is 32.0 Å². The summed E-state index contributed by atoms with van der Waals surface area (Å²) in [4.78, 5) is 13.1. The summed E-state index contributed by atoms with van der Waals surface area (Å²) < 4.78 is 31.8. The van der Waals surface area contributed by atoms with Crippen LogP contribution < -0.4 is 5.32 Å². The number of carbonyl (C=O) groups excluding carboxylic acids is 1. The van der Waals surface area contributed by atoms with Crippen molar-refractivity contribution in [1.82, 2.24) is 5.32 Å². The second-order valence-electron chi connectivity index (χ2n) is 8.59. The number of fused-ring (bicyclic) bond motifs is 1. The van der Waals surface area contributed by atoms with E-state index in [1.807, 2.05) is 13.8 Å². The topological polar surface area (TPSA) is 77.0 Å². The van der Waals surface area contributed by atoms with Gasteiger partial charge in [-0.25, -0.2) is 4.39 Å². The van der Waals surface area contributed by atoms with Gasteiger partial charge in [-0.05, 0) is 25.8 Å². The van der Waals surface area contributed by atoms with E-state index in [9.17, 15) is 14.3 Å². The van der Waals surface area contributed by atoms with Gasteiger partial charge in [-0.15, -0.1) is 0 Å². The van der Waals surface area contributed by atoms with Crippen molar-refractivity contribution in [2.24, 2.45) is 5.92 Å². The van der Waals surface area contributed by atoms with Crippen LogP contribution in [-0.2, 0) is 25.6 Å². The Morgan fingerprint density at radius 1 is 1.32 bits per heavy atom. The van der Waals surface area contributed by atoms with Gasteiger partial charge in [0.15, 0.2) is 11.4 Å². The van der Waals surface area contributed by atoms with Gasteiger partial charge in [0.2, 0.25) is 0 Å². The summed E-state index contributed by atoms with van der Waals surface area (Å²) in [7, 11) is 0. The Morgan fingerprint density at radius 3 is 2.71 bits per heavy atom. The van der Waals surface area contributed by atoms with Crippen LogP contribution in [0.1, 0.15) is 46.1 Å². The van der Waals surface area contributed by atoms with Gasteiger partial charge in [0.1, 0.15) is 11.9 Å². The lowest BCUT2D eigenvalue weighted by atomic mass is 9.78. The molecule has 2 aliphatic rings. The first-order valence-electron chi connectivity index (χ1n) is 9.81. The number of amides is 1. The predicted molar refractivity (Wildman–Crippen MR) is 101 cm³/mol. The molecule has 28 heavy (non-hydrogen) atoms. The van der Waals surface area contributed by atoms with Crippen molar-refractivity contribution in [3.63, 3.8) is 0 Å². The number of hydrogen-bond acceptors (Lipinski definition) is 5. The fourth-order valence-corrected chi connectivity index (χ4v) is 3.87. The van der Waals surface area contributed by atoms with Crippen molar-refractivity contribution in [2.75, 3.05) is 6.54 Å². The molecule has 2 N–H and O–H groups in total. The molecule has 0 radical (unpaired) electrons. The smallest absolute Gasteiger partial charge is 0.252 e. The number of nitrogens with one attached hydrogen (secondary N) is 1. The van der Waals surface area contributed by atoms with Gasteiger partial charge in [0.05, 0.1) is 18.8 Å². The summed E-state index contributed by atoms with van der Waals surface area (Å²) in [6, 6.07) is 6.29. The van der Waals surface area contributed by atoms with Crippen molar-refractivity contribution in [1.29, 1.82) is 0 Å². The Kier molecular flexibility index (Phi) is 6.10. The number of ether oxygens (including phenoxy) is 3. The monoisotopic (exact) mass is 395 g/mol. The van der Waals surface area contributed by atoms with Crippen LogP contribution in [0.2, 0.25) is 0 Å². The van der Waals surface area contributed by atoms with Crippen LogP contribution in [0.3, 0.4) is 0 Å². The molecule has 1 saturated carbocycles. The molecule has 0 bridgehead atoms. The van der Waals surface area contributed by atoms with Gasteiger partial charge in [0, 0.05) is 24.9 Å². The van der Waals surface area contributed by atoms with Gasteiger partial charge in [0.25, 0.3) is 5.91 Å². The largest absolute Gasteiger partial charge is 0.390 e. The van der Waals surface area contributed by atoms with Crippen LogP contribution in [0.25, 0.3) is 0 Å². The molecule has 0 unspecified atom stereocenters. The average molecular weight is 395 g/mol. The van der Waals surface area contributed by atoms with Gasteiger partial charge in [-0.2, -0.15) is 0 Å². The lowest BCUT2D eigenvalue weighted by Gasteiger charge is -2.42. The van der Waals surface area contributed by atoms with Crippen LogP contribution >= 0.6 is 0 Å². The maximum Gasteiger partial charge on any atom is 0.252 e. The van der Waals surface area contributed by atoms with Crippen LogP contribution in [0.5, 0.6) is 0 Å². The van der Waals surface area contributed by atoms with E-state index in [1.165, 1.54) is 6.07 Å². The molecule has 1 saturated heterocycles. The normalized spacial score (nSPS) is 31.6. The second kappa shape index (κ2) is 8.06. The van der Waals surface area contributed by atoms with Crippen LogP contribution in [0, 0.1) is 11.7 Å². The third kappa shape index (κ3) is 4.54. The maximum atomic E-state index is 14.0. The summed E-state index contributed by atoms with van der Waals surface area (Å²) >= 11 is 0. The van der Waals surface area contributed by atoms with Gasteiger partial charge < -0.3 is 24.6 Å². The maximum absolute atomic E-state index is 14.0. The highest BCUT2D eigenvalue weighted by atomic mass is 19.1. The average Bonchev–Trinajstić information content (AvgIpc) is 2.93. The zero-order valence-electron chi connectivity index (χ0n) is 16.9. The molecule has 3 rings (SSSR count). The molecule has 2 fully saturated rings. The number of rotatable bonds is 6. The lowest BCUT2D eigenvalue weighted by Crippen LogP contribution is -2.59. The van der Waals surface area contributed by atoms with Crippen LogP contribution in [0.15, 0.2) is 24.3 Å². The second-order valence-corrected chi connectivity index (χ2v) is 8.59. The lowest BCUT2D eigenvalue weighted by molar-refractivity contribution is -0.175. The molecular weight excluding hydrogens is 365 g/mol. The molecule has 1 aromatic carbocycles. The van der Waals surface area contributed by atoms with Crippen molar-refractivity contribution in [3.8, 4) is 0 Å². The molecule has 0 aromatic heterocycles. The van der Waals surface area contributed by atoms with Crippen LogP contribution in [-0.4, -0.2) is 47.3 Å². The van der Waals surface area contributed by atoms with Crippen molar-refractivity contribution < 1.29 is 28.5 Å². The molecular formula is C21H30FNO5. The molecule has 6 nitrogen and oxygen atoms in total. The highest BCUT2D eigenvalue weighted by Gasteiger charge is 2.57. The molecule has 1 aromatic rings.